The molecule has 0 amide bonds. The van der Waals surface area contributed by atoms with Crippen LogP contribution in [0.15, 0.2) is 12.3 Å². The molecule has 6 atom stereocenters. The molecular weight excluding hydrogens is 288 g/mol. The van der Waals surface area contributed by atoms with Gasteiger partial charge in [-0.05, 0) is 55.4 Å². The second kappa shape index (κ2) is 4.76. The molecule has 2 aliphatic carbocycles. The zero-order chi connectivity index (χ0) is 16.5. The highest BCUT2D eigenvalue weighted by Gasteiger charge is 2.69. The van der Waals surface area contributed by atoms with Crippen molar-refractivity contribution in [1.29, 1.82) is 0 Å². The van der Waals surface area contributed by atoms with Crippen molar-refractivity contribution in [3.8, 4) is 0 Å². The third-order valence-corrected chi connectivity index (χ3v) is 7.89. The van der Waals surface area contributed by atoms with Gasteiger partial charge in [-0.2, -0.15) is 0 Å². The van der Waals surface area contributed by atoms with Gasteiger partial charge in [0.05, 0.1) is 18.0 Å². The highest BCUT2D eigenvalue weighted by atomic mass is 16.6. The van der Waals surface area contributed by atoms with Crippen LogP contribution >= 0.6 is 0 Å². The molecule has 4 rings (SSSR count). The minimum Gasteiger partial charge on any atom is -0.498 e. The second-order valence-electron chi connectivity index (χ2n) is 9.61. The van der Waals surface area contributed by atoms with Gasteiger partial charge >= 0.3 is 0 Å². The Kier molecular flexibility index (Phi) is 3.30. The maximum Gasteiger partial charge on any atom is 0.124 e. The standard InChI is InChI=1S/C20H32O3/c1-14-12-15(21)16-17(2,3)6-5-7-18(16,4)20(14)9-8-19(23-20)10-11-22-13-19/h10-11,14-16,21H,5-9,12-13H2,1-4H3. The average Bonchev–Trinajstić information content (AvgIpc) is 3.05. The zero-order valence-corrected chi connectivity index (χ0v) is 15.1. The molecule has 2 saturated carbocycles. The summed E-state index contributed by atoms with van der Waals surface area (Å²) in [6, 6.07) is 0. The van der Waals surface area contributed by atoms with Crippen molar-refractivity contribution >= 4 is 0 Å². The number of hydrogen-bond acceptors (Lipinski definition) is 3. The molecule has 2 aliphatic heterocycles. The minimum absolute atomic E-state index is 0.0474. The van der Waals surface area contributed by atoms with Gasteiger partial charge in [0.2, 0.25) is 0 Å². The van der Waals surface area contributed by atoms with Crippen LogP contribution in [0.3, 0.4) is 0 Å². The smallest absolute Gasteiger partial charge is 0.124 e. The van der Waals surface area contributed by atoms with Crippen molar-refractivity contribution in [1.82, 2.24) is 0 Å². The minimum atomic E-state index is -0.217. The van der Waals surface area contributed by atoms with E-state index in [1.165, 1.54) is 19.3 Å². The first kappa shape index (κ1) is 16.0. The predicted octanol–water partition coefficient (Wildman–Crippen LogP) is 4.05. The fraction of sp³-hybridized carbons (Fsp3) is 0.900. The van der Waals surface area contributed by atoms with E-state index in [9.17, 15) is 5.11 Å². The molecular formula is C20H32O3. The summed E-state index contributed by atoms with van der Waals surface area (Å²) < 4.78 is 12.5. The molecule has 0 bridgehead atoms. The summed E-state index contributed by atoms with van der Waals surface area (Å²) in [5, 5.41) is 11.0. The van der Waals surface area contributed by atoms with Gasteiger partial charge in [0.15, 0.2) is 0 Å². The lowest BCUT2D eigenvalue weighted by Crippen LogP contribution is -2.66. The third-order valence-electron chi connectivity index (χ3n) is 7.89. The largest absolute Gasteiger partial charge is 0.498 e. The highest BCUT2D eigenvalue weighted by molar-refractivity contribution is 5.21. The Bertz CT molecular complexity index is 527. The van der Waals surface area contributed by atoms with Crippen LogP contribution in [-0.4, -0.2) is 29.0 Å². The Labute approximate surface area is 140 Å². The monoisotopic (exact) mass is 320 g/mol. The van der Waals surface area contributed by atoms with Crippen molar-refractivity contribution in [2.75, 3.05) is 6.61 Å². The second-order valence-corrected chi connectivity index (χ2v) is 9.61. The molecule has 1 N–H and O–H groups in total. The van der Waals surface area contributed by atoms with Crippen molar-refractivity contribution in [2.45, 2.75) is 83.5 Å². The summed E-state index contributed by atoms with van der Waals surface area (Å²) in [7, 11) is 0. The van der Waals surface area contributed by atoms with Crippen LogP contribution < -0.4 is 0 Å². The summed E-state index contributed by atoms with van der Waals surface area (Å²) in [6.45, 7) is 10.1. The molecule has 6 unspecified atom stereocenters. The first-order chi connectivity index (χ1) is 10.7. The molecule has 2 heterocycles. The summed E-state index contributed by atoms with van der Waals surface area (Å²) in [5.41, 5.74) is -0.106. The topological polar surface area (TPSA) is 38.7 Å². The number of fused-ring (bicyclic) bond motifs is 2. The number of rotatable bonds is 0. The van der Waals surface area contributed by atoms with Crippen molar-refractivity contribution in [3.05, 3.63) is 12.3 Å². The molecule has 0 aromatic rings. The van der Waals surface area contributed by atoms with Gasteiger partial charge in [0, 0.05) is 5.41 Å². The summed E-state index contributed by atoms with van der Waals surface area (Å²) in [4.78, 5) is 0. The fourth-order valence-corrected chi connectivity index (χ4v) is 7.00. The van der Waals surface area contributed by atoms with Crippen LogP contribution in [0.5, 0.6) is 0 Å². The first-order valence-electron chi connectivity index (χ1n) is 9.42. The third kappa shape index (κ3) is 1.96. The first-order valence-corrected chi connectivity index (χ1v) is 9.42. The normalized spacial score (nSPS) is 54.4. The molecule has 3 fully saturated rings. The van der Waals surface area contributed by atoms with Gasteiger partial charge in [0.1, 0.15) is 12.2 Å². The van der Waals surface area contributed by atoms with Gasteiger partial charge in [0.25, 0.3) is 0 Å². The Hall–Kier alpha value is -0.540. The molecule has 4 aliphatic rings. The number of ether oxygens (including phenoxy) is 2. The lowest BCUT2D eigenvalue weighted by molar-refractivity contribution is -0.265. The van der Waals surface area contributed by atoms with Crippen LogP contribution in [0.4, 0.5) is 0 Å². The van der Waals surface area contributed by atoms with Crippen molar-refractivity contribution in [3.63, 3.8) is 0 Å². The molecule has 0 aromatic heterocycles. The SMILES string of the molecule is CC1CC(O)C2C(C)(C)CCCC2(C)C12CCC1(C=COC1)O2. The van der Waals surface area contributed by atoms with E-state index in [4.69, 9.17) is 9.47 Å². The maximum atomic E-state index is 11.0. The van der Waals surface area contributed by atoms with Gasteiger partial charge < -0.3 is 14.6 Å². The van der Waals surface area contributed by atoms with Crippen LogP contribution in [-0.2, 0) is 9.47 Å². The lowest BCUT2D eigenvalue weighted by Gasteiger charge is -2.65. The number of aliphatic hydroxyl groups excluding tert-OH is 1. The van der Waals surface area contributed by atoms with Gasteiger partial charge in [-0.1, -0.05) is 34.1 Å². The fourth-order valence-electron chi connectivity index (χ4n) is 7.00. The Morgan fingerprint density at radius 1 is 1.09 bits per heavy atom. The van der Waals surface area contributed by atoms with Crippen LogP contribution in [0, 0.1) is 22.7 Å². The van der Waals surface area contributed by atoms with Crippen LogP contribution in [0.2, 0.25) is 0 Å². The Balaban J connectivity index is 1.78. The Morgan fingerprint density at radius 2 is 1.87 bits per heavy atom. The molecule has 0 aromatic carbocycles. The van der Waals surface area contributed by atoms with E-state index >= 15 is 0 Å². The molecule has 3 nitrogen and oxygen atoms in total. The lowest BCUT2D eigenvalue weighted by atomic mass is 9.43. The van der Waals surface area contributed by atoms with Gasteiger partial charge in [-0.25, -0.2) is 0 Å². The van der Waals surface area contributed by atoms with E-state index in [2.05, 4.69) is 33.8 Å². The van der Waals surface area contributed by atoms with E-state index < -0.39 is 0 Å². The summed E-state index contributed by atoms with van der Waals surface area (Å²) in [6.07, 6.45) is 10.4. The van der Waals surface area contributed by atoms with E-state index in [0.717, 1.165) is 19.3 Å². The summed E-state index contributed by atoms with van der Waals surface area (Å²) >= 11 is 0. The molecule has 1 saturated heterocycles. The van der Waals surface area contributed by atoms with Gasteiger partial charge in [-0.15, -0.1) is 0 Å². The van der Waals surface area contributed by atoms with Gasteiger partial charge in [-0.3, -0.25) is 0 Å². The van der Waals surface area contributed by atoms with E-state index in [1.54, 1.807) is 0 Å². The number of aliphatic hydroxyl groups is 1. The van der Waals surface area contributed by atoms with E-state index in [0.29, 0.717) is 18.4 Å². The van der Waals surface area contributed by atoms with E-state index in [1.807, 2.05) is 6.26 Å². The quantitative estimate of drug-likeness (QED) is 0.732. The Morgan fingerprint density at radius 3 is 2.57 bits per heavy atom. The highest BCUT2D eigenvalue weighted by Crippen LogP contribution is 2.67. The van der Waals surface area contributed by atoms with Crippen LogP contribution in [0.1, 0.15) is 66.2 Å². The average molecular weight is 320 g/mol. The van der Waals surface area contributed by atoms with Crippen molar-refractivity contribution < 1.29 is 14.6 Å². The molecule has 3 heteroatoms. The predicted molar refractivity (Wildman–Crippen MR) is 89.9 cm³/mol. The summed E-state index contributed by atoms with van der Waals surface area (Å²) in [5.74, 6) is 0.711. The molecule has 130 valence electrons. The van der Waals surface area contributed by atoms with E-state index in [-0.39, 0.29) is 28.1 Å². The molecule has 2 spiro atoms. The zero-order valence-electron chi connectivity index (χ0n) is 15.1. The number of hydrogen-bond donors (Lipinski definition) is 1. The van der Waals surface area contributed by atoms with Crippen molar-refractivity contribution in [2.24, 2.45) is 22.7 Å². The maximum absolute atomic E-state index is 11.0. The van der Waals surface area contributed by atoms with Crippen LogP contribution in [0.25, 0.3) is 0 Å². The molecule has 0 radical (unpaired) electrons. The molecule has 23 heavy (non-hydrogen) atoms.